The molecule has 8 heteroatoms. The number of benzene rings is 1. The molecule has 0 spiro atoms. The fourth-order valence-electron chi connectivity index (χ4n) is 1.79. The molecule has 23 heavy (non-hydrogen) atoms. The lowest BCUT2D eigenvalue weighted by atomic mass is 10.3. The second-order valence-electron chi connectivity index (χ2n) is 4.86. The average Bonchev–Trinajstić information content (AvgIpc) is 2.81. The number of carbonyl (C=O) groups excluding carboxylic acids is 2. The van der Waals surface area contributed by atoms with Crippen molar-refractivity contribution in [2.24, 2.45) is 0 Å². The molecule has 0 fully saturated rings. The summed E-state index contributed by atoms with van der Waals surface area (Å²) in [5.41, 5.74) is 1.22. The third-order valence-electron chi connectivity index (χ3n) is 3.05. The van der Waals surface area contributed by atoms with E-state index in [2.05, 4.69) is 5.32 Å². The van der Waals surface area contributed by atoms with Crippen LogP contribution in [0.15, 0.2) is 34.4 Å². The van der Waals surface area contributed by atoms with Crippen molar-refractivity contribution >= 4 is 40.5 Å². The first kappa shape index (κ1) is 17.2. The van der Waals surface area contributed by atoms with Crippen LogP contribution in [0.2, 0.25) is 5.02 Å². The number of aromatic nitrogens is 1. The van der Waals surface area contributed by atoms with Gasteiger partial charge < -0.3 is 10.1 Å². The summed E-state index contributed by atoms with van der Waals surface area (Å²) in [6, 6.07) is 6.56. The van der Waals surface area contributed by atoms with E-state index in [0.29, 0.717) is 16.4 Å². The number of anilines is 1. The smallest absolute Gasteiger partial charge is 0.326 e. The van der Waals surface area contributed by atoms with Crippen molar-refractivity contribution in [3.8, 4) is 0 Å². The van der Waals surface area contributed by atoms with Gasteiger partial charge in [-0.15, -0.1) is 0 Å². The molecule has 6 nitrogen and oxygen atoms in total. The van der Waals surface area contributed by atoms with Crippen molar-refractivity contribution < 1.29 is 14.3 Å². The third kappa shape index (κ3) is 4.67. The molecule has 1 aromatic carbocycles. The Balaban J connectivity index is 1.91. The van der Waals surface area contributed by atoms with Gasteiger partial charge >= 0.3 is 10.8 Å². The Hall–Kier alpha value is -2.12. The van der Waals surface area contributed by atoms with Crippen LogP contribution >= 0.6 is 22.9 Å². The van der Waals surface area contributed by atoms with Crippen molar-refractivity contribution in [1.29, 1.82) is 0 Å². The molecule has 1 heterocycles. The van der Waals surface area contributed by atoms with Crippen molar-refractivity contribution in [1.82, 2.24) is 4.57 Å². The lowest BCUT2D eigenvalue weighted by molar-refractivity contribution is -0.153. The highest BCUT2D eigenvalue weighted by Crippen LogP contribution is 2.14. The van der Waals surface area contributed by atoms with Gasteiger partial charge in [-0.05, 0) is 38.1 Å². The number of nitrogens with one attached hydrogen (secondary N) is 1. The first-order chi connectivity index (χ1) is 10.9. The maximum atomic E-state index is 12.0. The van der Waals surface area contributed by atoms with Gasteiger partial charge in [0.15, 0.2) is 6.10 Å². The molecular formula is C15H15ClN2O4S. The number of amides is 1. The van der Waals surface area contributed by atoms with E-state index in [1.165, 1.54) is 11.5 Å². The molecule has 0 saturated heterocycles. The maximum absolute atomic E-state index is 12.0. The lowest BCUT2D eigenvalue weighted by Crippen LogP contribution is -2.32. The molecule has 0 saturated carbocycles. The van der Waals surface area contributed by atoms with Gasteiger partial charge in [0.05, 0.1) is 0 Å². The fraction of sp³-hybridized carbons (Fsp3) is 0.267. The van der Waals surface area contributed by atoms with Crippen LogP contribution in [0.25, 0.3) is 0 Å². The zero-order valence-electron chi connectivity index (χ0n) is 12.5. The zero-order valence-corrected chi connectivity index (χ0v) is 14.1. The van der Waals surface area contributed by atoms with Crippen LogP contribution in [-0.2, 0) is 20.9 Å². The summed E-state index contributed by atoms with van der Waals surface area (Å²) >= 11 is 6.77. The predicted molar refractivity (Wildman–Crippen MR) is 89.0 cm³/mol. The van der Waals surface area contributed by atoms with E-state index in [-0.39, 0.29) is 11.4 Å². The predicted octanol–water partition coefficient (Wildman–Crippen LogP) is 2.44. The molecule has 0 radical (unpaired) electrons. The molecule has 1 aromatic heterocycles. The Morgan fingerprint density at radius 2 is 2.00 bits per heavy atom. The highest BCUT2D eigenvalue weighted by molar-refractivity contribution is 7.07. The van der Waals surface area contributed by atoms with E-state index in [0.717, 1.165) is 11.3 Å². The molecular weight excluding hydrogens is 340 g/mol. The molecule has 0 aliphatic heterocycles. The van der Waals surface area contributed by atoms with Crippen molar-refractivity contribution in [2.45, 2.75) is 26.5 Å². The number of thiazole rings is 1. The van der Waals surface area contributed by atoms with E-state index in [1.807, 2.05) is 0 Å². The minimum absolute atomic E-state index is 0.216. The number of ether oxygens (including phenoxy) is 1. The van der Waals surface area contributed by atoms with Gasteiger partial charge in [0.2, 0.25) is 0 Å². The van der Waals surface area contributed by atoms with E-state index in [1.54, 1.807) is 36.6 Å². The van der Waals surface area contributed by atoms with Gasteiger partial charge in [-0.1, -0.05) is 22.9 Å². The molecule has 1 N–H and O–H groups in total. The normalized spacial score (nSPS) is 11.8. The van der Waals surface area contributed by atoms with Crippen LogP contribution in [-0.4, -0.2) is 22.5 Å². The molecule has 0 unspecified atom stereocenters. The van der Waals surface area contributed by atoms with Crippen LogP contribution in [0.5, 0.6) is 0 Å². The molecule has 1 amide bonds. The van der Waals surface area contributed by atoms with E-state index in [4.69, 9.17) is 16.3 Å². The van der Waals surface area contributed by atoms with Crippen molar-refractivity contribution in [2.75, 3.05) is 5.32 Å². The number of halogens is 1. The van der Waals surface area contributed by atoms with Gasteiger partial charge in [0.25, 0.3) is 5.91 Å². The monoisotopic (exact) mass is 354 g/mol. The first-order valence-electron chi connectivity index (χ1n) is 6.77. The summed E-state index contributed by atoms with van der Waals surface area (Å²) in [6.45, 7) is 2.97. The number of carbonyl (C=O) groups is 2. The van der Waals surface area contributed by atoms with Crippen LogP contribution in [0, 0.1) is 6.92 Å². The number of esters is 1. The lowest BCUT2D eigenvalue weighted by Gasteiger charge is -2.14. The minimum atomic E-state index is -0.979. The summed E-state index contributed by atoms with van der Waals surface area (Å²) in [4.78, 5) is 35.1. The van der Waals surface area contributed by atoms with Crippen LogP contribution < -0.4 is 10.2 Å². The van der Waals surface area contributed by atoms with E-state index >= 15 is 0 Å². The largest absolute Gasteiger partial charge is 0.451 e. The van der Waals surface area contributed by atoms with Crippen LogP contribution in [0.4, 0.5) is 5.69 Å². The standard InChI is InChI=1S/C15H15ClN2O4S/c1-9-8-23-15(21)18(9)7-13(19)22-10(2)14(20)17-12-5-3-11(16)4-6-12/h3-6,8,10H,7H2,1-2H3,(H,17,20)/t10-/m1/s1. The summed E-state index contributed by atoms with van der Waals surface area (Å²) in [5, 5.41) is 4.83. The summed E-state index contributed by atoms with van der Waals surface area (Å²) in [6.07, 6.45) is -0.979. The Bertz CT molecular complexity index is 767. The molecule has 1 atom stereocenters. The molecule has 122 valence electrons. The number of aryl methyl sites for hydroxylation is 1. The van der Waals surface area contributed by atoms with E-state index < -0.39 is 18.0 Å². The second kappa shape index (κ2) is 7.43. The van der Waals surface area contributed by atoms with Gasteiger partial charge in [0, 0.05) is 21.8 Å². The summed E-state index contributed by atoms with van der Waals surface area (Å²) in [5.74, 6) is -1.11. The highest BCUT2D eigenvalue weighted by Gasteiger charge is 2.19. The molecule has 0 bridgehead atoms. The van der Waals surface area contributed by atoms with Crippen molar-refractivity contribution in [3.63, 3.8) is 0 Å². The fourth-order valence-corrected chi connectivity index (χ4v) is 2.65. The highest BCUT2D eigenvalue weighted by atomic mass is 35.5. The second-order valence-corrected chi connectivity index (χ2v) is 6.11. The summed E-state index contributed by atoms with van der Waals surface area (Å²) < 4.78 is 6.36. The third-order valence-corrected chi connectivity index (χ3v) is 4.19. The Kier molecular flexibility index (Phi) is 5.57. The van der Waals surface area contributed by atoms with Gasteiger partial charge in [-0.25, -0.2) is 0 Å². The van der Waals surface area contributed by atoms with E-state index in [9.17, 15) is 14.4 Å². The van der Waals surface area contributed by atoms with Crippen LogP contribution in [0.3, 0.4) is 0 Å². The molecule has 2 aromatic rings. The molecule has 0 aliphatic rings. The average molecular weight is 355 g/mol. The topological polar surface area (TPSA) is 77.4 Å². The Morgan fingerprint density at radius 3 is 2.57 bits per heavy atom. The molecule has 0 aliphatic carbocycles. The quantitative estimate of drug-likeness (QED) is 0.836. The number of hydrogen-bond donors (Lipinski definition) is 1. The number of rotatable bonds is 5. The van der Waals surface area contributed by atoms with Gasteiger partial charge in [-0.2, -0.15) is 0 Å². The van der Waals surface area contributed by atoms with Gasteiger partial charge in [-0.3, -0.25) is 19.0 Å². The summed E-state index contributed by atoms with van der Waals surface area (Å²) in [7, 11) is 0. The minimum Gasteiger partial charge on any atom is -0.451 e. The zero-order chi connectivity index (χ0) is 17.0. The van der Waals surface area contributed by atoms with Gasteiger partial charge in [0.1, 0.15) is 6.54 Å². The Labute approximate surface area is 141 Å². The number of nitrogens with zero attached hydrogens (tertiary/aromatic N) is 1. The first-order valence-corrected chi connectivity index (χ1v) is 8.03. The molecule has 2 rings (SSSR count). The maximum Gasteiger partial charge on any atom is 0.326 e. The SMILES string of the molecule is Cc1csc(=O)n1CC(=O)O[C@H](C)C(=O)Nc1ccc(Cl)cc1. The Morgan fingerprint density at radius 1 is 1.35 bits per heavy atom. The van der Waals surface area contributed by atoms with Crippen LogP contribution in [0.1, 0.15) is 12.6 Å². The number of hydrogen-bond acceptors (Lipinski definition) is 5. The van der Waals surface area contributed by atoms with Crippen molar-refractivity contribution in [3.05, 3.63) is 50.0 Å².